The molecule has 5 rings (SSSR count). The number of nitrogens with zero attached hydrogens (tertiary/aromatic N) is 3. The minimum atomic E-state index is -3.39. The highest BCUT2D eigenvalue weighted by molar-refractivity contribution is 7.92. The van der Waals surface area contributed by atoms with E-state index in [1.54, 1.807) is 12.3 Å². The van der Waals surface area contributed by atoms with E-state index in [1.165, 1.54) is 5.56 Å². The molecule has 9 heteroatoms. The smallest absolute Gasteiger partial charge is 0.229 e. The number of benzene rings is 2. The zero-order chi connectivity index (χ0) is 25.4. The van der Waals surface area contributed by atoms with Gasteiger partial charge in [-0.2, -0.15) is 0 Å². The van der Waals surface area contributed by atoms with Gasteiger partial charge in [0.15, 0.2) is 5.11 Å². The van der Waals surface area contributed by atoms with Crippen LogP contribution >= 0.6 is 12.2 Å². The maximum Gasteiger partial charge on any atom is 0.229 e. The fourth-order valence-corrected chi connectivity index (χ4v) is 5.60. The molecule has 4 aromatic rings. The van der Waals surface area contributed by atoms with Crippen LogP contribution < -0.4 is 14.9 Å². The number of aromatic nitrogens is 2. The Labute approximate surface area is 216 Å². The summed E-state index contributed by atoms with van der Waals surface area (Å²) in [4.78, 5) is 6.72. The molecule has 0 bridgehead atoms. The van der Waals surface area contributed by atoms with Crippen molar-refractivity contribution in [3.05, 3.63) is 108 Å². The van der Waals surface area contributed by atoms with Crippen LogP contribution in [0.2, 0.25) is 0 Å². The van der Waals surface area contributed by atoms with Crippen LogP contribution in [0.4, 0.5) is 11.4 Å². The normalized spacial score (nSPS) is 17.8. The van der Waals surface area contributed by atoms with E-state index in [-0.39, 0.29) is 12.1 Å². The molecule has 1 aliphatic heterocycles. The number of anilines is 2. The SMILES string of the molecule is Cc1ccc(-n2cccc2C2C(c3ccccn3)NC(=S)N2c2ccc(NS(C)(=O)=O)c(C)c2)cc1. The van der Waals surface area contributed by atoms with Gasteiger partial charge >= 0.3 is 0 Å². The predicted octanol–water partition coefficient (Wildman–Crippen LogP) is 5.04. The number of sulfonamides is 1. The van der Waals surface area contributed by atoms with Gasteiger partial charge in [0.1, 0.15) is 6.04 Å². The molecule has 0 amide bonds. The molecular formula is C27H27N5O2S2. The lowest BCUT2D eigenvalue weighted by Gasteiger charge is -2.29. The van der Waals surface area contributed by atoms with Gasteiger partial charge in [-0.3, -0.25) is 9.71 Å². The highest BCUT2D eigenvalue weighted by atomic mass is 32.2. The van der Waals surface area contributed by atoms with Crippen LogP contribution in [0.1, 0.15) is 34.6 Å². The van der Waals surface area contributed by atoms with Gasteiger partial charge < -0.3 is 14.8 Å². The summed E-state index contributed by atoms with van der Waals surface area (Å²) < 4.78 is 28.3. The Balaban J connectivity index is 1.63. The van der Waals surface area contributed by atoms with E-state index in [0.29, 0.717) is 10.8 Å². The lowest BCUT2D eigenvalue weighted by molar-refractivity contribution is 0.549. The summed E-state index contributed by atoms with van der Waals surface area (Å²) in [5, 5.41) is 4.07. The third-order valence-corrected chi connectivity index (χ3v) is 7.18. The van der Waals surface area contributed by atoms with Crippen LogP contribution in [-0.4, -0.2) is 29.3 Å². The second kappa shape index (κ2) is 9.40. The summed E-state index contributed by atoms with van der Waals surface area (Å²) in [6, 6.07) is 23.7. The predicted molar refractivity (Wildman–Crippen MR) is 148 cm³/mol. The molecular weight excluding hydrogens is 490 g/mol. The number of thiocarbonyl (C=S) groups is 1. The summed E-state index contributed by atoms with van der Waals surface area (Å²) in [5.74, 6) is 0. The van der Waals surface area contributed by atoms with Gasteiger partial charge in [-0.15, -0.1) is 0 Å². The maximum absolute atomic E-state index is 11.8. The van der Waals surface area contributed by atoms with Crippen molar-refractivity contribution in [2.24, 2.45) is 0 Å². The third kappa shape index (κ3) is 4.72. The van der Waals surface area contributed by atoms with Crippen LogP contribution in [0.25, 0.3) is 5.69 Å². The van der Waals surface area contributed by atoms with Gasteiger partial charge in [0.25, 0.3) is 0 Å². The molecule has 2 aromatic carbocycles. The van der Waals surface area contributed by atoms with Crippen molar-refractivity contribution >= 4 is 38.7 Å². The Bertz CT molecular complexity index is 1520. The Hall–Kier alpha value is -3.69. The van der Waals surface area contributed by atoms with Crippen molar-refractivity contribution in [1.29, 1.82) is 0 Å². The molecule has 0 aliphatic carbocycles. The highest BCUT2D eigenvalue weighted by Crippen LogP contribution is 2.42. The van der Waals surface area contributed by atoms with Crippen molar-refractivity contribution < 1.29 is 8.42 Å². The quantitative estimate of drug-likeness (QED) is 0.349. The highest BCUT2D eigenvalue weighted by Gasteiger charge is 2.42. The molecule has 0 spiro atoms. The van der Waals surface area contributed by atoms with E-state index in [2.05, 4.69) is 67.9 Å². The zero-order valence-electron chi connectivity index (χ0n) is 20.2. The molecule has 0 radical (unpaired) electrons. The van der Waals surface area contributed by atoms with Crippen LogP contribution in [-0.2, 0) is 10.0 Å². The molecule has 1 fully saturated rings. The van der Waals surface area contributed by atoms with Crippen LogP contribution in [0, 0.1) is 13.8 Å². The van der Waals surface area contributed by atoms with Gasteiger partial charge in [-0.25, -0.2) is 8.42 Å². The maximum atomic E-state index is 11.8. The van der Waals surface area contributed by atoms with Crippen molar-refractivity contribution in [2.45, 2.75) is 25.9 Å². The molecule has 2 atom stereocenters. The van der Waals surface area contributed by atoms with Crippen molar-refractivity contribution in [1.82, 2.24) is 14.9 Å². The molecule has 1 saturated heterocycles. The summed E-state index contributed by atoms with van der Waals surface area (Å²) in [5.41, 5.74) is 6.40. The number of hydrogen-bond donors (Lipinski definition) is 2. The Morgan fingerprint density at radius 1 is 0.972 bits per heavy atom. The van der Waals surface area contributed by atoms with Crippen LogP contribution in [0.15, 0.2) is 85.2 Å². The minimum absolute atomic E-state index is 0.188. The Morgan fingerprint density at radius 3 is 2.39 bits per heavy atom. The molecule has 36 heavy (non-hydrogen) atoms. The number of rotatable bonds is 6. The number of hydrogen-bond acceptors (Lipinski definition) is 4. The average molecular weight is 518 g/mol. The molecule has 7 nitrogen and oxygen atoms in total. The van der Waals surface area contributed by atoms with E-state index in [1.807, 2.05) is 43.3 Å². The van der Waals surface area contributed by atoms with Gasteiger partial charge in [-0.05, 0) is 86.2 Å². The second-order valence-corrected chi connectivity index (χ2v) is 11.1. The third-order valence-electron chi connectivity index (χ3n) is 6.28. The zero-order valence-corrected chi connectivity index (χ0v) is 21.8. The van der Waals surface area contributed by atoms with Gasteiger partial charge in [0, 0.05) is 29.5 Å². The largest absolute Gasteiger partial charge is 0.351 e. The summed E-state index contributed by atoms with van der Waals surface area (Å²) in [7, 11) is -3.39. The molecule has 2 N–H and O–H groups in total. The second-order valence-electron chi connectivity index (χ2n) is 9.01. The van der Waals surface area contributed by atoms with E-state index >= 15 is 0 Å². The molecule has 2 unspecified atom stereocenters. The molecule has 1 aliphatic rings. The summed E-state index contributed by atoms with van der Waals surface area (Å²) in [6.07, 6.45) is 4.99. The molecule has 2 aromatic heterocycles. The average Bonchev–Trinajstić information content (AvgIpc) is 3.45. The van der Waals surface area contributed by atoms with Gasteiger partial charge in [0.05, 0.1) is 23.7 Å². The number of nitrogens with one attached hydrogen (secondary N) is 2. The molecule has 0 saturated carbocycles. The van der Waals surface area contributed by atoms with E-state index in [4.69, 9.17) is 12.2 Å². The van der Waals surface area contributed by atoms with E-state index in [9.17, 15) is 8.42 Å². The number of pyridine rings is 1. The monoisotopic (exact) mass is 517 g/mol. The van der Waals surface area contributed by atoms with Gasteiger partial charge in [-0.1, -0.05) is 23.8 Å². The fourth-order valence-electron chi connectivity index (χ4n) is 4.62. The molecule has 184 valence electrons. The summed E-state index contributed by atoms with van der Waals surface area (Å²) in [6.45, 7) is 3.95. The minimum Gasteiger partial charge on any atom is -0.351 e. The fraction of sp³-hybridized carbons (Fsp3) is 0.185. The van der Waals surface area contributed by atoms with Crippen molar-refractivity contribution in [3.63, 3.8) is 0 Å². The van der Waals surface area contributed by atoms with E-state index in [0.717, 1.165) is 34.6 Å². The molecule has 3 heterocycles. The lowest BCUT2D eigenvalue weighted by atomic mass is 10.00. The Kier molecular flexibility index (Phi) is 6.27. The lowest BCUT2D eigenvalue weighted by Crippen LogP contribution is -2.30. The first-order valence-corrected chi connectivity index (χ1v) is 13.8. The van der Waals surface area contributed by atoms with E-state index < -0.39 is 10.0 Å². The standard InChI is InChI=1S/C27H27N5O2S2/c1-18-9-11-20(12-10-18)31-16-6-8-24(31)26-25(23-7-4-5-15-28-23)29-27(35)32(26)21-13-14-22(19(2)17-21)30-36(3,33)34/h4-17,25-26,30H,1-3H3,(H,29,35). The van der Waals surface area contributed by atoms with Gasteiger partial charge in [0.2, 0.25) is 10.0 Å². The first-order valence-electron chi connectivity index (χ1n) is 11.5. The first kappa shape index (κ1) is 24.0. The summed E-state index contributed by atoms with van der Waals surface area (Å²) >= 11 is 5.86. The first-order chi connectivity index (χ1) is 17.2. The Morgan fingerprint density at radius 2 is 1.72 bits per heavy atom. The van der Waals surface area contributed by atoms with Crippen LogP contribution in [0.5, 0.6) is 0 Å². The topological polar surface area (TPSA) is 79.3 Å². The number of aryl methyl sites for hydroxylation is 2. The van der Waals surface area contributed by atoms with Crippen LogP contribution in [0.3, 0.4) is 0 Å². The van der Waals surface area contributed by atoms with Crippen molar-refractivity contribution in [3.8, 4) is 5.69 Å². The van der Waals surface area contributed by atoms with Crippen molar-refractivity contribution in [2.75, 3.05) is 15.9 Å².